The zero-order valence-electron chi connectivity index (χ0n) is 10.8. The molecule has 0 radical (unpaired) electrons. The van der Waals surface area contributed by atoms with Crippen molar-refractivity contribution in [1.82, 2.24) is 0 Å². The van der Waals surface area contributed by atoms with Gasteiger partial charge < -0.3 is 24.1 Å². The van der Waals surface area contributed by atoms with Crippen LogP contribution in [0, 0.1) is 0 Å². The number of benzene rings is 1. The molecule has 0 aromatic heterocycles. The van der Waals surface area contributed by atoms with Crippen molar-refractivity contribution in [3.8, 4) is 0 Å². The molecule has 2 fully saturated rings. The van der Waals surface area contributed by atoms with Crippen molar-refractivity contribution in [3.63, 3.8) is 0 Å². The van der Waals surface area contributed by atoms with Crippen molar-refractivity contribution < 1.29 is 24.1 Å². The first kappa shape index (κ1) is 13.0. The molecule has 1 aromatic carbocycles. The van der Waals surface area contributed by atoms with Crippen LogP contribution in [-0.4, -0.2) is 43.4 Å². The van der Waals surface area contributed by atoms with Crippen LogP contribution in [0.5, 0.6) is 0 Å². The lowest BCUT2D eigenvalue weighted by molar-refractivity contribution is -0.334. The maximum absolute atomic E-state index is 10.1. The molecule has 0 saturated carbocycles. The Balaban J connectivity index is 1.70. The topological polar surface area (TPSA) is 57.2 Å². The monoisotopic (exact) mass is 266 g/mol. The van der Waals surface area contributed by atoms with E-state index in [2.05, 4.69) is 0 Å². The minimum atomic E-state index is -0.598. The fourth-order valence-electron chi connectivity index (χ4n) is 2.52. The molecule has 0 unspecified atom stereocenters. The summed E-state index contributed by atoms with van der Waals surface area (Å²) in [6.45, 7) is 0.390. The van der Waals surface area contributed by atoms with Crippen molar-refractivity contribution in [1.29, 1.82) is 0 Å². The molecule has 1 aromatic rings. The second kappa shape index (κ2) is 5.56. The van der Waals surface area contributed by atoms with E-state index in [9.17, 15) is 5.11 Å². The van der Waals surface area contributed by atoms with Crippen LogP contribution in [0.15, 0.2) is 30.3 Å². The van der Waals surface area contributed by atoms with Gasteiger partial charge >= 0.3 is 0 Å². The molecule has 0 aliphatic carbocycles. The molecule has 104 valence electrons. The van der Waals surface area contributed by atoms with Crippen molar-refractivity contribution in [2.45, 2.75) is 37.3 Å². The Labute approximate surface area is 112 Å². The summed E-state index contributed by atoms with van der Waals surface area (Å²) in [5.74, 6) is 0. The molecule has 3 rings (SSSR count). The molecule has 2 aliphatic rings. The first-order chi connectivity index (χ1) is 9.28. The summed E-state index contributed by atoms with van der Waals surface area (Å²) >= 11 is 0. The number of rotatable bonds is 2. The van der Waals surface area contributed by atoms with Gasteiger partial charge in [0.15, 0.2) is 12.6 Å². The summed E-state index contributed by atoms with van der Waals surface area (Å²) < 4.78 is 22.3. The molecule has 0 bridgehead atoms. The van der Waals surface area contributed by atoms with E-state index in [1.54, 1.807) is 7.11 Å². The van der Waals surface area contributed by atoms with Gasteiger partial charge in [0.05, 0.1) is 12.7 Å². The molecule has 5 nitrogen and oxygen atoms in total. The maximum atomic E-state index is 10.1. The molecule has 1 N–H and O–H groups in total. The maximum Gasteiger partial charge on any atom is 0.184 e. The van der Waals surface area contributed by atoms with Gasteiger partial charge in [-0.2, -0.15) is 0 Å². The van der Waals surface area contributed by atoms with Crippen LogP contribution in [0.25, 0.3) is 0 Å². The zero-order valence-corrected chi connectivity index (χ0v) is 10.8. The van der Waals surface area contributed by atoms with Gasteiger partial charge in [0, 0.05) is 19.1 Å². The first-order valence-electron chi connectivity index (χ1n) is 6.46. The average Bonchev–Trinajstić information content (AvgIpc) is 2.47. The van der Waals surface area contributed by atoms with Gasteiger partial charge in [-0.05, 0) is 0 Å². The Morgan fingerprint density at radius 3 is 2.74 bits per heavy atom. The van der Waals surface area contributed by atoms with Crippen LogP contribution in [0.4, 0.5) is 0 Å². The standard InChI is InChI=1S/C14H18O5/c1-16-12-7-10(15)13-11(18-12)8-17-14(19-13)9-5-3-2-4-6-9/h2-6,10-15H,7-8H2,1H3/t10-,11+,12-,13-,14+/m1/s1. The number of aliphatic hydroxyl groups excluding tert-OH is 1. The molecule has 2 aliphatic heterocycles. The van der Waals surface area contributed by atoms with Gasteiger partial charge in [0.25, 0.3) is 0 Å². The minimum absolute atomic E-state index is 0.284. The lowest BCUT2D eigenvalue weighted by atomic mass is 10.0. The quantitative estimate of drug-likeness (QED) is 0.872. The van der Waals surface area contributed by atoms with E-state index >= 15 is 0 Å². The van der Waals surface area contributed by atoms with Crippen molar-refractivity contribution in [2.75, 3.05) is 13.7 Å². The van der Waals surface area contributed by atoms with Crippen molar-refractivity contribution >= 4 is 0 Å². The van der Waals surface area contributed by atoms with Gasteiger partial charge in [-0.15, -0.1) is 0 Å². The highest BCUT2D eigenvalue weighted by Crippen LogP contribution is 2.33. The Hall–Kier alpha value is -0.980. The predicted octanol–water partition coefficient (Wildman–Crippen LogP) is 1.22. The highest BCUT2D eigenvalue weighted by molar-refractivity contribution is 5.16. The number of hydrogen-bond donors (Lipinski definition) is 1. The Morgan fingerprint density at radius 2 is 2.00 bits per heavy atom. The van der Waals surface area contributed by atoms with Gasteiger partial charge in [0.1, 0.15) is 12.2 Å². The van der Waals surface area contributed by atoms with Crippen LogP contribution in [0.2, 0.25) is 0 Å². The van der Waals surface area contributed by atoms with E-state index in [0.29, 0.717) is 13.0 Å². The van der Waals surface area contributed by atoms with E-state index in [0.717, 1.165) is 5.56 Å². The van der Waals surface area contributed by atoms with Gasteiger partial charge in [-0.1, -0.05) is 30.3 Å². The summed E-state index contributed by atoms with van der Waals surface area (Å²) in [6.07, 6.45) is -1.67. The lowest BCUT2D eigenvalue weighted by Gasteiger charge is -2.43. The first-order valence-corrected chi connectivity index (χ1v) is 6.46. The van der Waals surface area contributed by atoms with Crippen LogP contribution in [0.1, 0.15) is 18.3 Å². The number of methoxy groups -OCH3 is 1. The van der Waals surface area contributed by atoms with E-state index in [1.807, 2.05) is 30.3 Å². The second-order valence-electron chi connectivity index (χ2n) is 4.82. The van der Waals surface area contributed by atoms with Crippen LogP contribution in [-0.2, 0) is 18.9 Å². The fourth-order valence-corrected chi connectivity index (χ4v) is 2.52. The van der Waals surface area contributed by atoms with E-state index in [-0.39, 0.29) is 12.2 Å². The molecule has 0 spiro atoms. The molecule has 5 heteroatoms. The third kappa shape index (κ3) is 2.66. The van der Waals surface area contributed by atoms with Crippen molar-refractivity contribution in [2.24, 2.45) is 0 Å². The highest BCUT2D eigenvalue weighted by Gasteiger charge is 2.43. The highest BCUT2D eigenvalue weighted by atomic mass is 16.7. The largest absolute Gasteiger partial charge is 0.390 e. The summed E-state index contributed by atoms with van der Waals surface area (Å²) in [6, 6.07) is 9.70. The smallest absolute Gasteiger partial charge is 0.184 e. The Kier molecular flexibility index (Phi) is 3.81. The van der Waals surface area contributed by atoms with Gasteiger partial charge in [0.2, 0.25) is 0 Å². The Morgan fingerprint density at radius 1 is 1.21 bits per heavy atom. The normalized spacial score (nSPS) is 38.7. The molecule has 2 heterocycles. The summed E-state index contributed by atoms with van der Waals surface area (Å²) in [4.78, 5) is 0. The van der Waals surface area contributed by atoms with Crippen molar-refractivity contribution in [3.05, 3.63) is 35.9 Å². The van der Waals surface area contributed by atoms with Crippen LogP contribution in [0.3, 0.4) is 0 Å². The fraction of sp³-hybridized carbons (Fsp3) is 0.571. The minimum Gasteiger partial charge on any atom is -0.390 e. The molecule has 19 heavy (non-hydrogen) atoms. The molecule has 2 saturated heterocycles. The molecular weight excluding hydrogens is 248 g/mol. The number of hydrogen-bond acceptors (Lipinski definition) is 5. The van der Waals surface area contributed by atoms with E-state index in [1.165, 1.54) is 0 Å². The Bertz CT molecular complexity index is 410. The van der Waals surface area contributed by atoms with Crippen LogP contribution < -0.4 is 0 Å². The summed E-state index contributed by atoms with van der Waals surface area (Å²) in [5.41, 5.74) is 0.946. The van der Waals surface area contributed by atoms with Gasteiger partial charge in [-0.3, -0.25) is 0 Å². The third-order valence-electron chi connectivity index (χ3n) is 3.53. The second-order valence-corrected chi connectivity index (χ2v) is 4.82. The molecular formula is C14H18O5. The number of ether oxygens (including phenoxy) is 4. The summed E-state index contributed by atoms with van der Waals surface area (Å²) in [7, 11) is 1.56. The third-order valence-corrected chi connectivity index (χ3v) is 3.53. The molecule has 5 atom stereocenters. The average molecular weight is 266 g/mol. The van der Waals surface area contributed by atoms with E-state index < -0.39 is 18.7 Å². The predicted molar refractivity (Wildman–Crippen MR) is 66.3 cm³/mol. The number of aliphatic hydroxyl groups is 1. The zero-order chi connectivity index (χ0) is 13.2. The molecule has 0 amide bonds. The van der Waals surface area contributed by atoms with Gasteiger partial charge in [-0.25, -0.2) is 0 Å². The van der Waals surface area contributed by atoms with E-state index in [4.69, 9.17) is 18.9 Å². The SMILES string of the molecule is CO[C@H]1C[C@@H](O)[C@H]2O[C@@H](c3ccccc3)OC[C@@H]2O1. The lowest BCUT2D eigenvalue weighted by Crippen LogP contribution is -2.55. The summed E-state index contributed by atoms with van der Waals surface area (Å²) in [5, 5.41) is 10.1. The number of fused-ring (bicyclic) bond motifs is 1. The van der Waals surface area contributed by atoms with Crippen LogP contribution >= 0.6 is 0 Å².